The number of piperazine rings is 1. The van der Waals surface area contributed by atoms with Crippen LogP contribution in [-0.4, -0.2) is 61.7 Å². The number of nitrogens with one attached hydrogen (secondary N) is 1. The summed E-state index contributed by atoms with van der Waals surface area (Å²) in [6.07, 6.45) is 0. The fourth-order valence-corrected chi connectivity index (χ4v) is 4.31. The Morgan fingerprint density at radius 1 is 1.15 bits per heavy atom. The largest absolute Gasteiger partial charge is 0.344 e. The fraction of sp³-hybridized carbons (Fsp3) is 0.529. The van der Waals surface area contributed by atoms with E-state index >= 15 is 0 Å². The highest BCUT2D eigenvalue weighted by Crippen LogP contribution is 2.19. The number of carbonyl (C=O) groups is 2. The van der Waals surface area contributed by atoms with Gasteiger partial charge in [0, 0.05) is 33.1 Å². The van der Waals surface area contributed by atoms with Gasteiger partial charge in [0.1, 0.15) is 11.9 Å². The predicted molar refractivity (Wildman–Crippen MR) is 94.2 cm³/mol. The van der Waals surface area contributed by atoms with Crippen LogP contribution in [-0.2, 0) is 19.6 Å². The molecule has 7 nitrogen and oxygen atoms in total. The summed E-state index contributed by atoms with van der Waals surface area (Å²) in [5.74, 6) is -1.21. The number of rotatable bonds is 5. The topological polar surface area (TPSA) is 86.8 Å². The van der Waals surface area contributed by atoms with Crippen LogP contribution in [0.4, 0.5) is 4.39 Å². The summed E-state index contributed by atoms with van der Waals surface area (Å²) in [6.45, 7) is 5.70. The number of halogens is 1. The lowest BCUT2D eigenvalue weighted by Crippen LogP contribution is -2.56. The Hall–Kier alpha value is -2.00. The molecule has 2 amide bonds. The minimum atomic E-state index is -3.80. The van der Waals surface area contributed by atoms with E-state index in [2.05, 4.69) is 5.32 Å². The van der Waals surface area contributed by atoms with Crippen molar-refractivity contribution < 1.29 is 22.4 Å². The number of amides is 2. The van der Waals surface area contributed by atoms with Gasteiger partial charge in [-0.1, -0.05) is 19.9 Å². The maximum absolute atomic E-state index is 13.3. The molecule has 0 radical (unpaired) electrons. The van der Waals surface area contributed by atoms with E-state index < -0.39 is 21.9 Å². The van der Waals surface area contributed by atoms with Crippen molar-refractivity contribution in [2.45, 2.75) is 31.7 Å². The second-order valence-corrected chi connectivity index (χ2v) is 8.55. The van der Waals surface area contributed by atoms with Crippen molar-refractivity contribution in [2.75, 3.05) is 26.2 Å². The van der Waals surface area contributed by atoms with Gasteiger partial charge in [-0.05, 0) is 24.1 Å². The van der Waals surface area contributed by atoms with E-state index in [0.717, 1.165) is 6.07 Å². The minimum Gasteiger partial charge on any atom is -0.344 e. The summed E-state index contributed by atoms with van der Waals surface area (Å²) in [4.78, 5) is 25.4. The third kappa shape index (κ3) is 4.59. The second-order valence-electron chi connectivity index (χ2n) is 6.61. The van der Waals surface area contributed by atoms with Gasteiger partial charge in [-0.2, -0.15) is 4.31 Å². The summed E-state index contributed by atoms with van der Waals surface area (Å²) in [6, 6.07) is 4.23. The van der Waals surface area contributed by atoms with Crippen LogP contribution < -0.4 is 5.32 Å². The molecule has 1 aromatic rings. The van der Waals surface area contributed by atoms with Crippen LogP contribution in [0.5, 0.6) is 0 Å². The van der Waals surface area contributed by atoms with Crippen LogP contribution in [0, 0.1) is 11.7 Å². The zero-order valence-electron chi connectivity index (χ0n) is 15.1. The molecule has 0 saturated carbocycles. The lowest BCUT2D eigenvalue weighted by atomic mass is 10.0. The quantitative estimate of drug-likeness (QED) is 0.813. The number of benzene rings is 1. The van der Waals surface area contributed by atoms with E-state index in [1.165, 1.54) is 29.4 Å². The Morgan fingerprint density at radius 3 is 2.27 bits per heavy atom. The molecule has 2 rings (SSSR count). The smallest absolute Gasteiger partial charge is 0.245 e. The van der Waals surface area contributed by atoms with E-state index in [4.69, 9.17) is 0 Å². The third-order valence-corrected chi connectivity index (χ3v) is 6.17. The van der Waals surface area contributed by atoms with Gasteiger partial charge < -0.3 is 10.2 Å². The van der Waals surface area contributed by atoms with Crippen molar-refractivity contribution in [1.29, 1.82) is 0 Å². The van der Waals surface area contributed by atoms with E-state index in [1.807, 2.05) is 13.8 Å². The first-order chi connectivity index (χ1) is 12.1. The first-order valence-corrected chi connectivity index (χ1v) is 9.88. The predicted octanol–water partition coefficient (Wildman–Crippen LogP) is 0.819. The number of sulfonamides is 1. The highest BCUT2D eigenvalue weighted by atomic mass is 32.2. The zero-order chi connectivity index (χ0) is 19.5. The molecule has 144 valence electrons. The Bertz CT molecular complexity index is 774. The minimum absolute atomic E-state index is 0.0829. The molecule has 1 aliphatic rings. The van der Waals surface area contributed by atoms with Gasteiger partial charge in [-0.25, -0.2) is 12.8 Å². The molecule has 1 atom stereocenters. The van der Waals surface area contributed by atoms with Gasteiger partial charge in [0.2, 0.25) is 21.8 Å². The maximum atomic E-state index is 13.3. The molecule has 0 aromatic heterocycles. The molecule has 1 heterocycles. The Labute approximate surface area is 153 Å². The van der Waals surface area contributed by atoms with Gasteiger partial charge in [0.15, 0.2) is 0 Å². The molecule has 0 bridgehead atoms. The van der Waals surface area contributed by atoms with E-state index in [-0.39, 0.29) is 48.8 Å². The summed E-state index contributed by atoms with van der Waals surface area (Å²) in [5.41, 5.74) is 0. The Morgan fingerprint density at radius 2 is 1.77 bits per heavy atom. The number of carbonyl (C=O) groups excluding carboxylic acids is 2. The molecule has 1 saturated heterocycles. The van der Waals surface area contributed by atoms with Crippen molar-refractivity contribution in [3.8, 4) is 0 Å². The molecule has 1 N–H and O–H groups in total. The average Bonchev–Trinajstić information content (AvgIpc) is 2.59. The fourth-order valence-electron chi connectivity index (χ4n) is 2.85. The van der Waals surface area contributed by atoms with Crippen LogP contribution >= 0.6 is 0 Å². The zero-order valence-corrected chi connectivity index (χ0v) is 15.9. The molecule has 0 aliphatic carbocycles. The molecule has 1 aromatic carbocycles. The second kappa shape index (κ2) is 8.13. The summed E-state index contributed by atoms with van der Waals surface area (Å²) in [7, 11) is -3.80. The molecule has 0 unspecified atom stereocenters. The number of nitrogens with zero attached hydrogens (tertiary/aromatic N) is 2. The summed E-state index contributed by atoms with van der Waals surface area (Å²) in [5, 5.41) is 2.65. The molecule has 26 heavy (non-hydrogen) atoms. The van der Waals surface area contributed by atoms with Crippen molar-refractivity contribution in [1.82, 2.24) is 14.5 Å². The van der Waals surface area contributed by atoms with Gasteiger partial charge in [0.25, 0.3) is 0 Å². The van der Waals surface area contributed by atoms with Crippen molar-refractivity contribution >= 4 is 21.8 Å². The number of hydrogen-bond donors (Lipinski definition) is 1. The SMILES string of the molecule is CC(=O)N[C@H](C(=O)N1CCN(S(=O)(=O)c2cccc(F)c2)CC1)C(C)C. The highest BCUT2D eigenvalue weighted by Gasteiger charge is 2.33. The van der Waals surface area contributed by atoms with Gasteiger partial charge >= 0.3 is 0 Å². The molecular weight excluding hydrogens is 361 g/mol. The highest BCUT2D eigenvalue weighted by molar-refractivity contribution is 7.89. The van der Waals surface area contributed by atoms with Crippen LogP contribution in [0.2, 0.25) is 0 Å². The van der Waals surface area contributed by atoms with Gasteiger partial charge in [-0.3, -0.25) is 9.59 Å². The first kappa shape index (κ1) is 20.3. The van der Waals surface area contributed by atoms with Crippen LogP contribution in [0.3, 0.4) is 0 Å². The van der Waals surface area contributed by atoms with E-state index in [0.29, 0.717) is 0 Å². The lowest BCUT2D eigenvalue weighted by molar-refractivity contribution is -0.138. The lowest BCUT2D eigenvalue weighted by Gasteiger charge is -2.36. The molecule has 9 heteroatoms. The Kier molecular flexibility index (Phi) is 6.35. The Balaban J connectivity index is 2.06. The maximum Gasteiger partial charge on any atom is 0.245 e. The summed E-state index contributed by atoms with van der Waals surface area (Å²) < 4.78 is 39.8. The van der Waals surface area contributed by atoms with Gasteiger partial charge in [0.05, 0.1) is 4.90 Å². The van der Waals surface area contributed by atoms with Crippen LogP contribution in [0.15, 0.2) is 29.2 Å². The van der Waals surface area contributed by atoms with E-state index in [9.17, 15) is 22.4 Å². The van der Waals surface area contributed by atoms with E-state index in [1.54, 1.807) is 4.90 Å². The standard InChI is InChI=1S/C17H24FN3O4S/c1-12(2)16(19-13(3)22)17(23)20-7-9-21(10-8-20)26(24,25)15-6-4-5-14(18)11-15/h4-6,11-12,16H,7-10H2,1-3H3,(H,19,22)/t16-/m0/s1. The summed E-state index contributed by atoms with van der Waals surface area (Å²) >= 11 is 0. The van der Waals surface area contributed by atoms with Crippen molar-refractivity contribution in [3.63, 3.8) is 0 Å². The monoisotopic (exact) mass is 385 g/mol. The number of hydrogen-bond acceptors (Lipinski definition) is 4. The van der Waals surface area contributed by atoms with Crippen molar-refractivity contribution in [2.24, 2.45) is 5.92 Å². The van der Waals surface area contributed by atoms with Crippen molar-refractivity contribution in [3.05, 3.63) is 30.1 Å². The van der Waals surface area contributed by atoms with Gasteiger partial charge in [-0.15, -0.1) is 0 Å². The molecule has 0 spiro atoms. The first-order valence-electron chi connectivity index (χ1n) is 8.44. The van der Waals surface area contributed by atoms with Crippen LogP contribution in [0.1, 0.15) is 20.8 Å². The molecule has 1 fully saturated rings. The average molecular weight is 385 g/mol. The normalized spacial score (nSPS) is 17.2. The van der Waals surface area contributed by atoms with Crippen LogP contribution in [0.25, 0.3) is 0 Å². The third-order valence-electron chi connectivity index (χ3n) is 4.28. The molecular formula is C17H24FN3O4S. The molecule has 1 aliphatic heterocycles.